The molecule has 102 valence electrons. The molecule has 19 heavy (non-hydrogen) atoms. The van der Waals surface area contributed by atoms with Gasteiger partial charge in [-0.1, -0.05) is 50.3 Å². The van der Waals surface area contributed by atoms with Crippen LogP contribution in [0, 0.1) is 17.8 Å². The van der Waals surface area contributed by atoms with Gasteiger partial charge in [0, 0.05) is 13.1 Å². The third kappa shape index (κ3) is 3.46. The van der Waals surface area contributed by atoms with E-state index >= 15 is 0 Å². The average Bonchev–Trinajstić information content (AvgIpc) is 2.38. The minimum absolute atomic E-state index is 0.0970. The fraction of sp³-hybridized carbons (Fsp3) is 0.471. The Morgan fingerprint density at radius 1 is 1.26 bits per heavy atom. The normalized spacial score (nSPS) is 26.2. The molecule has 2 unspecified atom stereocenters. The first-order chi connectivity index (χ1) is 9.08. The standard InChI is InChI=1S/C17H23NO/c1-13-11-14(2)17(13)9-10-18(15(3)19)12-16-7-5-4-6-8-16/h4-10,13-14,17H,11-12H2,1-3H3/b10-9-. The molecule has 2 rings (SSSR count). The summed E-state index contributed by atoms with van der Waals surface area (Å²) >= 11 is 0. The van der Waals surface area contributed by atoms with E-state index in [4.69, 9.17) is 0 Å². The second-order valence-electron chi connectivity index (χ2n) is 5.74. The van der Waals surface area contributed by atoms with Gasteiger partial charge in [0.25, 0.3) is 0 Å². The van der Waals surface area contributed by atoms with E-state index in [0.717, 1.165) is 17.4 Å². The van der Waals surface area contributed by atoms with Gasteiger partial charge in [-0.15, -0.1) is 0 Å². The Morgan fingerprint density at radius 2 is 1.89 bits per heavy atom. The predicted octanol–water partition coefficient (Wildman–Crippen LogP) is 3.84. The van der Waals surface area contributed by atoms with Gasteiger partial charge in [0.2, 0.25) is 5.91 Å². The first kappa shape index (κ1) is 13.9. The molecule has 1 fully saturated rings. The molecule has 0 heterocycles. The van der Waals surface area contributed by atoms with Crippen molar-refractivity contribution in [2.45, 2.75) is 33.7 Å². The lowest BCUT2D eigenvalue weighted by molar-refractivity contribution is -0.126. The highest BCUT2D eigenvalue weighted by Gasteiger charge is 2.32. The zero-order valence-electron chi connectivity index (χ0n) is 12.0. The van der Waals surface area contributed by atoms with E-state index in [1.165, 1.54) is 6.42 Å². The van der Waals surface area contributed by atoms with Crippen molar-refractivity contribution < 1.29 is 4.79 Å². The Kier molecular flexibility index (Phi) is 4.41. The molecule has 1 aliphatic carbocycles. The summed E-state index contributed by atoms with van der Waals surface area (Å²) < 4.78 is 0. The number of carbonyl (C=O) groups is 1. The van der Waals surface area contributed by atoms with E-state index in [0.29, 0.717) is 12.5 Å². The zero-order valence-corrected chi connectivity index (χ0v) is 12.0. The summed E-state index contributed by atoms with van der Waals surface area (Å²) in [4.78, 5) is 13.5. The topological polar surface area (TPSA) is 20.3 Å². The smallest absolute Gasteiger partial charge is 0.223 e. The van der Waals surface area contributed by atoms with Crippen LogP contribution in [0.4, 0.5) is 0 Å². The maximum Gasteiger partial charge on any atom is 0.223 e. The van der Waals surface area contributed by atoms with Crippen molar-refractivity contribution in [1.82, 2.24) is 4.90 Å². The minimum Gasteiger partial charge on any atom is -0.315 e. The fourth-order valence-corrected chi connectivity index (χ4v) is 2.90. The number of amides is 1. The van der Waals surface area contributed by atoms with Crippen LogP contribution in [0.15, 0.2) is 42.6 Å². The van der Waals surface area contributed by atoms with Crippen molar-refractivity contribution in [3.8, 4) is 0 Å². The highest BCUT2D eigenvalue weighted by atomic mass is 16.2. The van der Waals surface area contributed by atoms with Gasteiger partial charge < -0.3 is 4.90 Å². The summed E-state index contributed by atoms with van der Waals surface area (Å²) in [6.45, 7) is 6.84. The lowest BCUT2D eigenvalue weighted by atomic mass is 9.67. The fourth-order valence-electron chi connectivity index (χ4n) is 2.90. The molecule has 0 aliphatic heterocycles. The summed E-state index contributed by atoms with van der Waals surface area (Å²) in [6.07, 6.45) is 5.49. The van der Waals surface area contributed by atoms with Crippen molar-refractivity contribution in [3.63, 3.8) is 0 Å². The van der Waals surface area contributed by atoms with Crippen LogP contribution in [0.5, 0.6) is 0 Å². The first-order valence-corrected chi connectivity index (χ1v) is 7.07. The molecular weight excluding hydrogens is 234 g/mol. The van der Waals surface area contributed by atoms with Gasteiger partial charge in [0.05, 0.1) is 6.54 Å². The Hall–Kier alpha value is -1.57. The van der Waals surface area contributed by atoms with E-state index in [-0.39, 0.29) is 5.91 Å². The van der Waals surface area contributed by atoms with Gasteiger partial charge in [-0.2, -0.15) is 0 Å². The molecule has 0 aromatic heterocycles. The van der Waals surface area contributed by atoms with Crippen LogP contribution >= 0.6 is 0 Å². The van der Waals surface area contributed by atoms with Crippen LogP contribution in [0.2, 0.25) is 0 Å². The summed E-state index contributed by atoms with van der Waals surface area (Å²) in [5.74, 6) is 2.21. The van der Waals surface area contributed by atoms with Gasteiger partial charge in [-0.25, -0.2) is 0 Å². The summed E-state index contributed by atoms with van der Waals surface area (Å²) in [7, 11) is 0. The summed E-state index contributed by atoms with van der Waals surface area (Å²) in [5, 5.41) is 0. The second kappa shape index (κ2) is 6.05. The number of nitrogens with zero attached hydrogens (tertiary/aromatic N) is 1. The average molecular weight is 257 g/mol. The highest BCUT2D eigenvalue weighted by Crippen LogP contribution is 2.40. The van der Waals surface area contributed by atoms with Crippen LogP contribution in [0.3, 0.4) is 0 Å². The molecule has 0 N–H and O–H groups in total. The van der Waals surface area contributed by atoms with Crippen molar-refractivity contribution in [1.29, 1.82) is 0 Å². The quantitative estimate of drug-likeness (QED) is 0.802. The van der Waals surface area contributed by atoms with Crippen molar-refractivity contribution >= 4 is 5.91 Å². The number of carbonyl (C=O) groups excluding carboxylic acids is 1. The maximum atomic E-state index is 11.7. The molecule has 1 amide bonds. The molecule has 1 aliphatic rings. The maximum absolute atomic E-state index is 11.7. The van der Waals surface area contributed by atoms with E-state index in [2.05, 4.69) is 32.1 Å². The van der Waals surface area contributed by atoms with Gasteiger partial charge in [-0.05, 0) is 29.7 Å². The summed E-state index contributed by atoms with van der Waals surface area (Å²) in [5.41, 5.74) is 1.16. The molecule has 1 saturated carbocycles. The third-order valence-corrected chi connectivity index (χ3v) is 4.15. The summed E-state index contributed by atoms with van der Waals surface area (Å²) in [6, 6.07) is 10.1. The predicted molar refractivity (Wildman–Crippen MR) is 78.2 cm³/mol. The number of hydrogen-bond acceptors (Lipinski definition) is 1. The van der Waals surface area contributed by atoms with E-state index in [1.54, 1.807) is 11.8 Å². The van der Waals surface area contributed by atoms with Crippen LogP contribution in [-0.4, -0.2) is 10.8 Å². The van der Waals surface area contributed by atoms with Gasteiger partial charge in [0.15, 0.2) is 0 Å². The lowest BCUT2D eigenvalue weighted by Crippen LogP contribution is -2.32. The van der Waals surface area contributed by atoms with Gasteiger partial charge >= 0.3 is 0 Å². The van der Waals surface area contributed by atoms with Crippen LogP contribution in [-0.2, 0) is 11.3 Å². The molecule has 2 heteroatoms. The number of allylic oxidation sites excluding steroid dienone is 1. The molecule has 1 aromatic rings. The van der Waals surface area contributed by atoms with Crippen molar-refractivity contribution in [2.75, 3.05) is 0 Å². The molecule has 0 spiro atoms. The van der Waals surface area contributed by atoms with Crippen LogP contribution < -0.4 is 0 Å². The Morgan fingerprint density at radius 3 is 2.42 bits per heavy atom. The molecule has 2 atom stereocenters. The van der Waals surface area contributed by atoms with Crippen molar-refractivity contribution in [2.24, 2.45) is 17.8 Å². The number of benzene rings is 1. The lowest BCUT2D eigenvalue weighted by Gasteiger charge is -2.39. The SMILES string of the molecule is CC(=O)N(/C=C\C1C(C)CC1C)Cc1ccccc1. The molecule has 1 aromatic carbocycles. The molecule has 0 radical (unpaired) electrons. The number of hydrogen-bond donors (Lipinski definition) is 0. The van der Waals surface area contributed by atoms with Gasteiger partial charge in [-0.3, -0.25) is 4.79 Å². The molecule has 0 bridgehead atoms. The Balaban J connectivity index is 2.01. The van der Waals surface area contributed by atoms with Gasteiger partial charge in [0.1, 0.15) is 0 Å². The van der Waals surface area contributed by atoms with Crippen molar-refractivity contribution in [3.05, 3.63) is 48.2 Å². The van der Waals surface area contributed by atoms with E-state index in [9.17, 15) is 4.79 Å². The third-order valence-electron chi connectivity index (χ3n) is 4.15. The number of rotatable bonds is 4. The Labute approximate surface area is 116 Å². The van der Waals surface area contributed by atoms with Crippen LogP contribution in [0.1, 0.15) is 32.8 Å². The first-order valence-electron chi connectivity index (χ1n) is 7.07. The largest absolute Gasteiger partial charge is 0.315 e. The monoisotopic (exact) mass is 257 g/mol. The Bertz CT molecular complexity index is 444. The molecule has 2 nitrogen and oxygen atoms in total. The highest BCUT2D eigenvalue weighted by molar-refractivity contribution is 5.74. The minimum atomic E-state index is 0.0970. The van der Waals surface area contributed by atoms with E-state index in [1.807, 2.05) is 24.4 Å². The second-order valence-corrected chi connectivity index (χ2v) is 5.74. The van der Waals surface area contributed by atoms with Crippen LogP contribution in [0.25, 0.3) is 0 Å². The van der Waals surface area contributed by atoms with E-state index < -0.39 is 0 Å². The molecule has 0 saturated heterocycles. The molecular formula is C17H23NO. The zero-order chi connectivity index (χ0) is 13.8.